The molecule has 3 rings (SSSR count). The lowest BCUT2D eigenvalue weighted by molar-refractivity contribution is -0.113. The molecule has 0 aliphatic heterocycles. The summed E-state index contributed by atoms with van der Waals surface area (Å²) in [4.78, 5) is 42.5. The second-order valence-electron chi connectivity index (χ2n) is 5.52. The molecule has 0 atom stereocenters. The molecule has 132 valence electrons. The number of rotatable bonds is 5. The Hall–Kier alpha value is -2.33. The lowest BCUT2D eigenvalue weighted by Crippen LogP contribution is -2.19. The summed E-state index contributed by atoms with van der Waals surface area (Å²) in [5, 5.41) is 12.6. The van der Waals surface area contributed by atoms with Gasteiger partial charge in [0.1, 0.15) is 5.00 Å². The summed E-state index contributed by atoms with van der Waals surface area (Å²) in [6.07, 6.45) is 3.75. The van der Waals surface area contributed by atoms with E-state index in [0.29, 0.717) is 10.6 Å². The van der Waals surface area contributed by atoms with E-state index in [9.17, 15) is 19.5 Å². The van der Waals surface area contributed by atoms with Gasteiger partial charge >= 0.3 is 0 Å². The minimum absolute atomic E-state index is 0.0346. The van der Waals surface area contributed by atoms with Crippen LogP contribution in [0.15, 0.2) is 16.0 Å². The minimum atomic E-state index is -0.540. The number of nitrogens with one attached hydrogen (secondary N) is 2. The molecule has 0 spiro atoms. The highest BCUT2D eigenvalue weighted by Crippen LogP contribution is 2.37. The Bertz CT molecular complexity index is 890. The average Bonchev–Trinajstić information content (AvgIpc) is 2.90. The number of H-pyrrole nitrogens is 1. The lowest BCUT2D eigenvalue weighted by Gasteiger charge is -2.11. The zero-order valence-electron chi connectivity index (χ0n) is 13.1. The lowest BCUT2D eigenvalue weighted by atomic mass is 9.95. The molecule has 2 aromatic heterocycles. The fourth-order valence-electron chi connectivity index (χ4n) is 2.70. The number of primary amides is 1. The number of fused-ring (bicyclic) bond motifs is 1. The molecule has 10 heteroatoms. The SMILES string of the molecule is NC(=O)c1c(NC(=O)CSc2nc(O)cc(=O)[nH]2)sc2c1CCCC2. The second kappa shape index (κ2) is 7.28. The molecular formula is C15H16N4O4S2. The Balaban J connectivity index is 1.71. The van der Waals surface area contributed by atoms with Crippen molar-refractivity contribution >= 4 is 39.9 Å². The Kier molecular flexibility index (Phi) is 5.09. The summed E-state index contributed by atoms with van der Waals surface area (Å²) >= 11 is 2.36. The summed E-state index contributed by atoms with van der Waals surface area (Å²) in [7, 11) is 0. The van der Waals surface area contributed by atoms with Crippen molar-refractivity contribution in [2.45, 2.75) is 30.8 Å². The van der Waals surface area contributed by atoms with Crippen molar-refractivity contribution in [3.8, 4) is 5.88 Å². The topological polar surface area (TPSA) is 138 Å². The number of anilines is 1. The number of aromatic hydroxyl groups is 1. The molecule has 25 heavy (non-hydrogen) atoms. The third kappa shape index (κ3) is 4.02. The number of aryl methyl sites for hydroxylation is 1. The fourth-order valence-corrected chi connectivity index (χ4v) is 4.68. The van der Waals surface area contributed by atoms with E-state index < -0.39 is 17.3 Å². The van der Waals surface area contributed by atoms with Gasteiger partial charge < -0.3 is 21.1 Å². The van der Waals surface area contributed by atoms with E-state index in [1.165, 1.54) is 11.3 Å². The zero-order valence-corrected chi connectivity index (χ0v) is 14.8. The highest BCUT2D eigenvalue weighted by atomic mass is 32.2. The first-order valence-corrected chi connectivity index (χ1v) is 9.41. The Morgan fingerprint density at radius 1 is 1.40 bits per heavy atom. The van der Waals surface area contributed by atoms with E-state index >= 15 is 0 Å². The summed E-state index contributed by atoms with van der Waals surface area (Å²) in [5.41, 5.74) is 6.34. The van der Waals surface area contributed by atoms with Gasteiger partial charge in [0.25, 0.3) is 11.5 Å². The van der Waals surface area contributed by atoms with Gasteiger partial charge in [-0.1, -0.05) is 11.8 Å². The van der Waals surface area contributed by atoms with Crippen molar-refractivity contribution < 1.29 is 14.7 Å². The summed E-state index contributed by atoms with van der Waals surface area (Å²) < 4.78 is 0. The number of thioether (sulfide) groups is 1. The predicted octanol–water partition coefficient (Wildman–Crippen LogP) is 1.25. The van der Waals surface area contributed by atoms with Crippen molar-refractivity contribution in [3.63, 3.8) is 0 Å². The smallest absolute Gasteiger partial charge is 0.255 e. The molecule has 1 aliphatic rings. The number of amides is 2. The molecule has 5 N–H and O–H groups in total. The molecular weight excluding hydrogens is 364 g/mol. The number of aromatic nitrogens is 2. The van der Waals surface area contributed by atoms with Gasteiger partial charge in [-0.25, -0.2) is 0 Å². The number of aromatic amines is 1. The maximum atomic E-state index is 12.2. The van der Waals surface area contributed by atoms with Gasteiger partial charge in [0, 0.05) is 4.88 Å². The van der Waals surface area contributed by atoms with Crippen molar-refractivity contribution in [2.75, 3.05) is 11.1 Å². The van der Waals surface area contributed by atoms with E-state index in [4.69, 9.17) is 5.73 Å². The van der Waals surface area contributed by atoms with Gasteiger partial charge in [-0.05, 0) is 31.2 Å². The predicted molar refractivity (Wildman–Crippen MR) is 95.4 cm³/mol. The van der Waals surface area contributed by atoms with Crippen LogP contribution in [0.4, 0.5) is 5.00 Å². The van der Waals surface area contributed by atoms with Gasteiger partial charge in [-0.2, -0.15) is 4.98 Å². The Labute approximate surface area is 150 Å². The molecule has 0 aromatic carbocycles. The quantitative estimate of drug-likeness (QED) is 0.455. The van der Waals surface area contributed by atoms with Gasteiger partial charge in [0.15, 0.2) is 5.16 Å². The van der Waals surface area contributed by atoms with Crippen LogP contribution < -0.4 is 16.6 Å². The molecule has 0 bridgehead atoms. The molecule has 1 aliphatic carbocycles. The summed E-state index contributed by atoms with van der Waals surface area (Å²) in [6.45, 7) is 0. The summed E-state index contributed by atoms with van der Waals surface area (Å²) in [5.74, 6) is -1.33. The van der Waals surface area contributed by atoms with Crippen LogP contribution in [0.5, 0.6) is 5.88 Å². The largest absolute Gasteiger partial charge is 0.493 e. The third-order valence-corrected chi connectivity index (χ3v) is 5.80. The Morgan fingerprint density at radius 3 is 2.88 bits per heavy atom. The number of hydrogen-bond donors (Lipinski definition) is 4. The molecule has 2 heterocycles. The van der Waals surface area contributed by atoms with Gasteiger partial charge in [0.2, 0.25) is 11.8 Å². The van der Waals surface area contributed by atoms with E-state index in [2.05, 4.69) is 15.3 Å². The molecule has 0 saturated heterocycles. The highest BCUT2D eigenvalue weighted by Gasteiger charge is 2.24. The van der Waals surface area contributed by atoms with Gasteiger partial charge in [0.05, 0.1) is 17.4 Å². The van der Waals surface area contributed by atoms with Crippen LogP contribution in [0.3, 0.4) is 0 Å². The van der Waals surface area contributed by atoms with Crippen LogP contribution >= 0.6 is 23.1 Å². The maximum absolute atomic E-state index is 12.2. The first kappa shape index (κ1) is 17.5. The number of carbonyl (C=O) groups excluding carboxylic acids is 2. The first-order valence-electron chi connectivity index (χ1n) is 7.61. The highest BCUT2D eigenvalue weighted by molar-refractivity contribution is 7.99. The van der Waals surface area contributed by atoms with Gasteiger partial charge in [-0.3, -0.25) is 14.4 Å². The molecule has 8 nitrogen and oxygen atoms in total. The average molecular weight is 380 g/mol. The van der Waals surface area contributed by atoms with Crippen LogP contribution in [-0.2, 0) is 17.6 Å². The third-order valence-electron chi connectivity index (χ3n) is 3.72. The molecule has 0 unspecified atom stereocenters. The monoisotopic (exact) mass is 380 g/mol. The molecule has 2 amide bonds. The fraction of sp³-hybridized carbons (Fsp3) is 0.333. The number of hydrogen-bond acceptors (Lipinski definition) is 7. The number of nitrogens with two attached hydrogens (primary N) is 1. The van der Waals surface area contributed by atoms with Crippen LogP contribution in [0, 0.1) is 0 Å². The maximum Gasteiger partial charge on any atom is 0.255 e. The number of thiophene rings is 1. The van der Waals surface area contributed by atoms with Crippen molar-refractivity contribution in [1.29, 1.82) is 0 Å². The standard InChI is InChI=1S/C15H16N4O4S2/c16-13(23)12-7-3-1-2-4-8(7)25-14(12)17-11(22)6-24-15-18-9(20)5-10(21)19-15/h5H,1-4,6H2,(H2,16,23)(H,17,22)(H2,18,19,20,21). The molecule has 2 aromatic rings. The number of carbonyl (C=O) groups is 2. The van der Waals surface area contributed by atoms with E-state index in [-0.39, 0.29) is 16.8 Å². The van der Waals surface area contributed by atoms with Crippen molar-refractivity contribution in [3.05, 3.63) is 32.4 Å². The van der Waals surface area contributed by atoms with Crippen molar-refractivity contribution in [2.24, 2.45) is 5.73 Å². The minimum Gasteiger partial charge on any atom is -0.493 e. The second-order valence-corrected chi connectivity index (χ2v) is 7.59. The summed E-state index contributed by atoms with van der Waals surface area (Å²) in [6, 6.07) is 0.944. The van der Waals surface area contributed by atoms with Gasteiger partial charge in [-0.15, -0.1) is 11.3 Å². The zero-order chi connectivity index (χ0) is 18.0. The molecule has 0 fully saturated rings. The van der Waals surface area contributed by atoms with Crippen LogP contribution in [-0.4, -0.2) is 32.6 Å². The van der Waals surface area contributed by atoms with Crippen LogP contribution in [0.1, 0.15) is 33.6 Å². The normalized spacial score (nSPS) is 13.3. The van der Waals surface area contributed by atoms with Crippen LogP contribution in [0.2, 0.25) is 0 Å². The van der Waals surface area contributed by atoms with E-state index in [0.717, 1.165) is 54.0 Å². The number of nitrogens with zero attached hydrogens (tertiary/aromatic N) is 1. The van der Waals surface area contributed by atoms with E-state index in [1.807, 2.05) is 0 Å². The molecule has 0 radical (unpaired) electrons. The molecule has 0 saturated carbocycles. The van der Waals surface area contributed by atoms with Crippen molar-refractivity contribution in [1.82, 2.24) is 9.97 Å². The first-order chi connectivity index (χ1) is 11.9. The van der Waals surface area contributed by atoms with E-state index in [1.54, 1.807) is 0 Å². The Morgan fingerprint density at radius 2 is 2.16 bits per heavy atom. The van der Waals surface area contributed by atoms with Crippen LogP contribution in [0.25, 0.3) is 0 Å².